The number of anilines is 1. The molecule has 76 valence electrons. The van der Waals surface area contributed by atoms with E-state index in [1.54, 1.807) is 31.0 Å². The predicted molar refractivity (Wildman–Crippen MR) is 58.5 cm³/mol. The monoisotopic (exact) mass is 212 g/mol. The number of amides is 1. The van der Waals surface area contributed by atoms with Crippen molar-refractivity contribution in [2.24, 2.45) is 5.73 Å². The molecule has 3 nitrogen and oxygen atoms in total. The van der Waals surface area contributed by atoms with Gasteiger partial charge in [0.15, 0.2) is 0 Å². The normalized spacial score (nSPS) is 12.2. The van der Waals surface area contributed by atoms with Crippen molar-refractivity contribution in [1.29, 1.82) is 0 Å². The van der Waals surface area contributed by atoms with Gasteiger partial charge >= 0.3 is 0 Å². The molecule has 0 aliphatic carbocycles. The van der Waals surface area contributed by atoms with Crippen LogP contribution < -0.4 is 10.6 Å². The second-order valence-corrected chi connectivity index (χ2v) is 3.61. The first kappa shape index (κ1) is 10.9. The molecule has 14 heavy (non-hydrogen) atoms. The first-order valence-corrected chi connectivity index (χ1v) is 4.68. The number of hydrogen-bond donors (Lipinski definition) is 1. The van der Waals surface area contributed by atoms with E-state index in [9.17, 15) is 4.79 Å². The third-order valence-corrected chi connectivity index (χ3v) is 2.44. The van der Waals surface area contributed by atoms with Crippen LogP contribution in [-0.4, -0.2) is 19.0 Å². The molecule has 1 atom stereocenters. The molecular weight excluding hydrogens is 200 g/mol. The molecule has 0 radical (unpaired) electrons. The molecule has 0 aliphatic heterocycles. The molecule has 1 amide bonds. The van der Waals surface area contributed by atoms with Gasteiger partial charge in [0, 0.05) is 17.8 Å². The zero-order valence-electron chi connectivity index (χ0n) is 8.20. The summed E-state index contributed by atoms with van der Waals surface area (Å²) in [7, 11) is 1.81. The summed E-state index contributed by atoms with van der Waals surface area (Å²) in [4.78, 5) is 12.7. The van der Waals surface area contributed by atoms with Crippen LogP contribution >= 0.6 is 11.6 Å². The average Bonchev–Trinajstić information content (AvgIpc) is 2.15. The van der Waals surface area contributed by atoms with E-state index >= 15 is 0 Å². The van der Waals surface area contributed by atoms with Crippen LogP contribution in [0, 0.1) is 0 Å². The fourth-order valence-electron chi connectivity index (χ4n) is 1.11. The van der Waals surface area contributed by atoms with Gasteiger partial charge in [-0.1, -0.05) is 17.7 Å². The van der Waals surface area contributed by atoms with Gasteiger partial charge in [0.05, 0.1) is 0 Å². The summed E-state index contributed by atoms with van der Waals surface area (Å²) < 4.78 is 0. The SMILES string of the molecule is CC(C(N)=O)N(C)c1cccc(Cl)c1. The summed E-state index contributed by atoms with van der Waals surface area (Å²) in [6.45, 7) is 1.75. The Morgan fingerprint density at radius 1 is 1.57 bits per heavy atom. The summed E-state index contributed by atoms with van der Waals surface area (Å²) in [5, 5.41) is 0.644. The maximum absolute atomic E-state index is 10.9. The van der Waals surface area contributed by atoms with E-state index in [0.717, 1.165) is 5.69 Å². The van der Waals surface area contributed by atoms with Crippen molar-refractivity contribution >= 4 is 23.2 Å². The van der Waals surface area contributed by atoms with Crippen molar-refractivity contribution in [3.8, 4) is 0 Å². The van der Waals surface area contributed by atoms with Gasteiger partial charge in [-0.15, -0.1) is 0 Å². The largest absolute Gasteiger partial charge is 0.368 e. The molecule has 2 N–H and O–H groups in total. The van der Waals surface area contributed by atoms with Gasteiger partial charge in [0.1, 0.15) is 6.04 Å². The summed E-state index contributed by atoms with van der Waals surface area (Å²) in [6.07, 6.45) is 0. The number of benzene rings is 1. The maximum atomic E-state index is 10.9. The highest BCUT2D eigenvalue weighted by molar-refractivity contribution is 6.30. The number of nitrogens with zero attached hydrogens (tertiary/aromatic N) is 1. The van der Waals surface area contributed by atoms with Gasteiger partial charge < -0.3 is 10.6 Å². The number of rotatable bonds is 3. The molecule has 1 rings (SSSR count). The molecule has 4 heteroatoms. The molecule has 0 spiro atoms. The lowest BCUT2D eigenvalue weighted by molar-refractivity contribution is -0.118. The molecule has 0 heterocycles. The molecule has 0 fully saturated rings. The van der Waals surface area contributed by atoms with Gasteiger partial charge in [-0.3, -0.25) is 4.79 Å². The summed E-state index contributed by atoms with van der Waals surface area (Å²) >= 11 is 5.83. The number of halogens is 1. The van der Waals surface area contributed by atoms with Crippen LogP contribution in [0.25, 0.3) is 0 Å². The zero-order valence-corrected chi connectivity index (χ0v) is 8.95. The third kappa shape index (κ3) is 2.39. The summed E-state index contributed by atoms with van der Waals surface area (Å²) in [5.74, 6) is -0.354. The quantitative estimate of drug-likeness (QED) is 0.828. The number of carbonyl (C=O) groups is 1. The Balaban J connectivity index is 2.89. The minimum absolute atomic E-state index is 0.339. The van der Waals surface area contributed by atoms with Crippen molar-refractivity contribution in [3.05, 3.63) is 29.3 Å². The third-order valence-electron chi connectivity index (χ3n) is 2.21. The van der Waals surface area contributed by atoms with Crippen LogP contribution in [0.2, 0.25) is 5.02 Å². The van der Waals surface area contributed by atoms with Crippen molar-refractivity contribution in [2.45, 2.75) is 13.0 Å². The molecular formula is C10H13ClN2O. The predicted octanol–water partition coefficient (Wildman–Crippen LogP) is 1.65. The Hall–Kier alpha value is -1.22. The number of hydrogen-bond acceptors (Lipinski definition) is 2. The lowest BCUT2D eigenvalue weighted by Crippen LogP contribution is -2.40. The lowest BCUT2D eigenvalue weighted by atomic mass is 10.2. The highest BCUT2D eigenvalue weighted by atomic mass is 35.5. The minimum Gasteiger partial charge on any atom is -0.368 e. The van der Waals surface area contributed by atoms with Crippen molar-refractivity contribution in [1.82, 2.24) is 0 Å². The Morgan fingerprint density at radius 3 is 2.71 bits per heavy atom. The highest BCUT2D eigenvalue weighted by Gasteiger charge is 2.14. The van der Waals surface area contributed by atoms with Crippen molar-refractivity contribution < 1.29 is 4.79 Å². The van der Waals surface area contributed by atoms with Gasteiger partial charge in [-0.2, -0.15) is 0 Å². The maximum Gasteiger partial charge on any atom is 0.239 e. The first-order chi connectivity index (χ1) is 6.52. The van der Waals surface area contributed by atoms with E-state index in [-0.39, 0.29) is 11.9 Å². The smallest absolute Gasteiger partial charge is 0.239 e. The van der Waals surface area contributed by atoms with E-state index < -0.39 is 0 Å². The number of primary amides is 1. The van der Waals surface area contributed by atoms with Crippen molar-refractivity contribution in [2.75, 3.05) is 11.9 Å². The van der Waals surface area contributed by atoms with Gasteiger partial charge in [-0.25, -0.2) is 0 Å². The molecule has 0 bridgehead atoms. The second kappa shape index (κ2) is 4.33. The number of likely N-dealkylation sites (N-methyl/N-ethyl adjacent to an activating group) is 1. The minimum atomic E-state index is -0.354. The van der Waals surface area contributed by atoms with Crippen LogP contribution in [0.4, 0.5) is 5.69 Å². The van der Waals surface area contributed by atoms with Crippen LogP contribution in [-0.2, 0) is 4.79 Å². The fourth-order valence-corrected chi connectivity index (χ4v) is 1.29. The number of carbonyl (C=O) groups excluding carboxylic acids is 1. The Kier molecular flexibility index (Phi) is 3.36. The molecule has 1 aromatic carbocycles. The standard InChI is InChI=1S/C10H13ClN2O/c1-7(10(12)14)13(2)9-5-3-4-8(11)6-9/h3-7H,1-2H3,(H2,12,14). The van der Waals surface area contributed by atoms with Gasteiger partial charge in [-0.05, 0) is 25.1 Å². The molecule has 0 saturated carbocycles. The zero-order chi connectivity index (χ0) is 10.7. The lowest BCUT2D eigenvalue weighted by Gasteiger charge is -2.24. The van der Waals surface area contributed by atoms with Crippen LogP contribution in [0.1, 0.15) is 6.92 Å². The van der Waals surface area contributed by atoms with Gasteiger partial charge in [0.2, 0.25) is 5.91 Å². The van der Waals surface area contributed by atoms with E-state index in [1.807, 2.05) is 12.1 Å². The highest BCUT2D eigenvalue weighted by Crippen LogP contribution is 2.19. The summed E-state index contributed by atoms with van der Waals surface area (Å²) in [6, 6.07) is 6.95. The Morgan fingerprint density at radius 2 is 2.21 bits per heavy atom. The van der Waals surface area contributed by atoms with E-state index in [2.05, 4.69) is 0 Å². The van der Waals surface area contributed by atoms with E-state index in [1.165, 1.54) is 0 Å². The average molecular weight is 213 g/mol. The van der Waals surface area contributed by atoms with Crippen LogP contribution in [0.3, 0.4) is 0 Å². The fraction of sp³-hybridized carbons (Fsp3) is 0.300. The Bertz CT molecular complexity index is 341. The van der Waals surface area contributed by atoms with Crippen molar-refractivity contribution in [3.63, 3.8) is 0 Å². The first-order valence-electron chi connectivity index (χ1n) is 4.30. The Labute approximate surface area is 88.5 Å². The van der Waals surface area contributed by atoms with Crippen LogP contribution in [0.15, 0.2) is 24.3 Å². The molecule has 0 aliphatic rings. The summed E-state index contributed by atoms with van der Waals surface area (Å²) in [5.41, 5.74) is 6.08. The molecule has 1 aromatic rings. The van der Waals surface area contributed by atoms with E-state index in [0.29, 0.717) is 5.02 Å². The molecule has 0 saturated heterocycles. The van der Waals surface area contributed by atoms with Crippen LogP contribution in [0.5, 0.6) is 0 Å². The topological polar surface area (TPSA) is 46.3 Å². The number of nitrogens with two attached hydrogens (primary N) is 1. The second-order valence-electron chi connectivity index (χ2n) is 3.17. The molecule has 1 unspecified atom stereocenters. The van der Waals surface area contributed by atoms with E-state index in [4.69, 9.17) is 17.3 Å². The van der Waals surface area contributed by atoms with Gasteiger partial charge in [0.25, 0.3) is 0 Å². The molecule has 0 aromatic heterocycles.